The molecule has 1 aliphatic rings. The Morgan fingerprint density at radius 1 is 1.19 bits per heavy atom. The van der Waals surface area contributed by atoms with Gasteiger partial charge in [-0.25, -0.2) is 4.39 Å². The molecule has 21 heavy (non-hydrogen) atoms. The molecule has 3 rings (SSSR count). The molecule has 7 heteroatoms. The highest BCUT2D eigenvalue weighted by atomic mass is 35.5. The van der Waals surface area contributed by atoms with Gasteiger partial charge in [-0.1, -0.05) is 23.2 Å². The fraction of sp³-hybridized carbons (Fsp3) is 0.214. The summed E-state index contributed by atoms with van der Waals surface area (Å²) in [4.78, 5) is 11.3. The SMILES string of the molecule is O=C1CCc2cc(C(Cl)c3cc(Cl)sc3Cl)c(F)cc2N1. The Balaban J connectivity index is 2.03. The molecule has 0 saturated carbocycles. The van der Waals surface area contributed by atoms with E-state index in [1.807, 2.05) is 0 Å². The highest BCUT2D eigenvalue weighted by molar-refractivity contribution is 7.20. The molecule has 1 aromatic heterocycles. The second-order valence-electron chi connectivity index (χ2n) is 4.72. The summed E-state index contributed by atoms with van der Waals surface area (Å²) in [5, 5.41) is 1.94. The molecule has 0 fully saturated rings. The Hall–Kier alpha value is -0.810. The summed E-state index contributed by atoms with van der Waals surface area (Å²) >= 11 is 19.5. The maximum absolute atomic E-state index is 14.3. The number of thiophene rings is 1. The third kappa shape index (κ3) is 2.90. The van der Waals surface area contributed by atoms with Crippen LogP contribution in [0.5, 0.6) is 0 Å². The summed E-state index contributed by atoms with van der Waals surface area (Å²) < 4.78 is 15.2. The van der Waals surface area contributed by atoms with E-state index in [1.54, 1.807) is 12.1 Å². The molecule has 1 aromatic carbocycles. The number of nitrogens with one attached hydrogen (secondary N) is 1. The summed E-state index contributed by atoms with van der Waals surface area (Å²) in [5.41, 5.74) is 2.30. The minimum absolute atomic E-state index is 0.107. The molecule has 110 valence electrons. The number of benzene rings is 1. The molecule has 2 heterocycles. The van der Waals surface area contributed by atoms with Crippen molar-refractivity contribution in [2.24, 2.45) is 0 Å². The van der Waals surface area contributed by atoms with Gasteiger partial charge in [-0.15, -0.1) is 22.9 Å². The molecular formula is C14H9Cl3FNOS. The number of amides is 1. The quantitative estimate of drug-likeness (QED) is 0.710. The van der Waals surface area contributed by atoms with Crippen LogP contribution in [0.3, 0.4) is 0 Å². The summed E-state index contributed by atoms with van der Waals surface area (Å²) in [6.45, 7) is 0. The zero-order valence-electron chi connectivity index (χ0n) is 10.6. The van der Waals surface area contributed by atoms with Crippen LogP contribution in [0.4, 0.5) is 10.1 Å². The minimum Gasteiger partial charge on any atom is -0.326 e. The van der Waals surface area contributed by atoms with E-state index in [4.69, 9.17) is 34.8 Å². The molecule has 1 amide bonds. The van der Waals surface area contributed by atoms with Crippen molar-refractivity contribution in [2.45, 2.75) is 18.2 Å². The van der Waals surface area contributed by atoms with E-state index in [0.29, 0.717) is 38.3 Å². The van der Waals surface area contributed by atoms with E-state index in [2.05, 4.69) is 5.32 Å². The number of anilines is 1. The molecule has 2 aromatic rings. The first-order valence-electron chi connectivity index (χ1n) is 6.16. The number of hydrogen-bond donors (Lipinski definition) is 1. The van der Waals surface area contributed by atoms with E-state index in [0.717, 1.165) is 5.56 Å². The minimum atomic E-state index is -0.718. The number of hydrogen-bond acceptors (Lipinski definition) is 2. The molecule has 0 saturated heterocycles. The standard InChI is InChI=1S/C14H9Cl3FNOS/c15-11-4-8(14(17)21-11)13(16)7-3-6-1-2-12(20)19-10(6)5-9(7)18/h3-5,13H,1-2H2,(H,19,20). The molecule has 0 spiro atoms. The molecule has 1 N–H and O–H groups in total. The van der Waals surface area contributed by atoms with Crippen LogP contribution in [-0.4, -0.2) is 5.91 Å². The molecule has 2 nitrogen and oxygen atoms in total. The van der Waals surface area contributed by atoms with Crippen molar-refractivity contribution in [1.29, 1.82) is 0 Å². The van der Waals surface area contributed by atoms with Crippen molar-refractivity contribution < 1.29 is 9.18 Å². The lowest BCUT2D eigenvalue weighted by atomic mass is 9.97. The fourth-order valence-corrected chi connectivity index (χ4v) is 4.30. The van der Waals surface area contributed by atoms with Gasteiger partial charge in [0.15, 0.2) is 0 Å². The van der Waals surface area contributed by atoms with Gasteiger partial charge in [0, 0.05) is 23.2 Å². The van der Waals surface area contributed by atoms with Crippen LogP contribution in [0, 0.1) is 5.82 Å². The predicted molar refractivity (Wildman–Crippen MR) is 85.4 cm³/mol. The lowest BCUT2D eigenvalue weighted by Gasteiger charge is -2.20. The van der Waals surface area contributed by atoms with Crippen LogP contribution < -0.4 is 5.32 Å². The lowest BCUT2D eigenvalue weighted by molar-refractivity contribution is -0.116. The average molecular weight is 365 g/mol. The smallest absolute Gasteiger partial charge is 0.224 e. The van der Waals surface area contributed by atoms with Gasteiger partial charge in [-0.2, -0.15) is 0 Å². The van der Waals surface area contributed by atoms with Crippen LogP contribution in [0.25, 0.3) is 0 Å². The number of rotatable bonds is 2. The van der Waals surface area contributed by atoms with Gasteiger partial charge in [0.05, 0.1) is 14.0 Å². The fourth-order valence-electron chi connectivity index (χ4n) is 2.31. The van der Waals surface area contributed by atoms with Crippen molar-refractivity contribution in [3.8, 4) is 0 Å². The zero-order valence-corrected chi connectivity index (χ0v) is 13.6. The van der Waals surface area contributed by atoms with Gasteiger partial charge in [0.25, 0.3) is 0 Å². The number of carbonyl (C=O) groups excluding carboxylic acids is 1. The second kappa shape index (κ2) is 5.76. The first-order valence-corrected chi connectivity index (χ1v) is 8.17. The monoisotopic (exact) mass is 363 g/mol. The molecule has 1 atom stereocenters. The number of aryl methyl sites for hydroxylation is 1. The molecular weight excluding hydrogens is 356 g/mol. The number of fused-ring (bicyclic) bond motifs is 1. The van der Waals surface area contributed by atoms with E-state index in [-0.39, 0.29) is 5.91 Å². The van der Waals surface area contributed by atoms with Crippen LogP contribution in [0.15, 0.2) is 18.2 Å². The Kier molecular flexibility index (Phi) is 4.14. The van der Waals surface area contributed by atoms with Gasteiger partial charge in [-0.05, 0) is 30.2 Å². The first kappa shape index (κ1) is 15.1. The summed E-state index contributed by atoms with van der Waals surface area (Å²) in [5.74, 6) is -0.584. The Morgan fingerprint density at radius 3 is 2.62 bits per heavy atom. The Bertz CT molecular complexity index is 731. The molecule has 1 unspecified atom stereocenters. The topological polar surface area (TPSA) is 29.1 Å². The largest absolute Gasteiger partial charge is 0.326 e. The summed E-state index contributed by atoms with van der Waals surface area (Å²) in [6.07, 6.45) is 0.951. The highest BCUT2D eigenvalue weighted by Gasteiger charge is 2.24. The van der Waals surface area contributed by atoms with Crippen molar-refractivity contribution in [3.05, 3.63) is 49.4 Å². The number of halogens is 4. The lowest BCUT2D eigenvalue weighted by Crippen LogP contribution is -2.19. The van der Waals surface area contributed by atoms with Gasteiger partial charge >= 0.3 is 0 Å². The molecule has 0 radical (unpaired) electrons. The summed E-state index contributed by atoms with van der Waals surface area (Å²) in [6, 6.07) is 4.63. The third-order valence-corrected chi connectivity index (χ3v) is 5.34. The van der Waals surface area contributed by atoms with Gasteiger partial charge in [0.1, 0.15) is 5.82 Å². The summed E-state index contributed by atoms with van der Waals surface area (Å²) in [7, 11) is 0. The average Bonchev–Trinajstić information content (AvgIpc) is 2.76. The maximum atomic E-state index is 14.3. The first-order chi connectivity index (χ1) is 9.95. The maximum Gasteiger partial charge on any atom is 0.224 e. The normalized spacial score (nSPS) is 15.5. The van der Waals surface area contributed by atoms with E-state index < -0.39 is 11.2 Å². The second-order valence-corrected chi connectivity index (χ2v) is 7.44. The van der Waals surface area contributed by atoms with E-state index >= 15 is 0 Å². The Labute approximate surface area is 139 Å². The molecule has 1 aliphatic heterocycles. The number of carbonyl (C=O) groups is 1. The van der Waals surface area contributed by atoms with Crippen LogP contribution in [0.2, 0.25) is 8.67 Å². The van der Waals surface area contributed by atoms with E-state index in [9.17, 15) is 9.18 Å². The molecule has 0 bridgehead atoms. The highest BCUT2D eigenvalue weighted by Crippen LogP contribution is 2.42. The van der Waals surface area contributed by atoms with Crippen molar-refractivity contribution in [1.82, 2.24) is 0 Å². The van der Waals surface area contributed by atoms with Gasteiger partial charge < -0.3 is 5.32 Å². The van der Waals surface area contributed by atoms with Crippen molar-refractivity contribution in [2.75, 3.05) is 5.32 Å². The third-order valence-electron chi connectivity index (χ3n) is 3.35. The van der Waals surface area contributed by atoms with Crippen LogP contribution >= 0.6 is 46.1 Å². The van der Waals surface area contributed by atoms with Gasteiger partial charge in [-0.3, -0.25) is 4.79 Å². The van der Waals surface area contributed by atoms with Crippen LogP contribution in [-0.2, 0) is 11.2 Å². The van der Waals surface area contributed by atoms with Crippen molar-refractivity contribution in [3.63, 3.8) is 0 Å². The zero-order chi connectivity index (χ0) is 15.1. The van der Waals surface area contributed by atoms with Gasteiger partial charge in [0.2, 0.25) is 5.91 Å². The predicted octanol–water partition coefficient (Wildman–Crippen LogP) is 5.41. The number of alkyl halides is 1. The molecule has 0 aliphatic carbocycles. The van der Waals surface area contributed by atoms with Crippen molar-refractivity contribution >= 4 is 57.7 Å². The van der Waals surface area contributed by atoms with Crippen LogP contribution in [0.1, 0.15) is 28.5 Å². The van der Waals surface area contributed by atoms with E-state index in [1.165, 1.54) is 17.4 Å². The Morgan fingerprint density at radius 2 is 1.95 bits per heavy atom.